The molecule has 5 heteroatoms. The highest BCUT2D eigenvalue weighted by atomic mass is 35.5. The molecule has 2 aromatic rings. The predicted octanol–water partition coefficient (Wildman–Crippen LogP) is 4.37. The monoisotopic (exact) mass is 308 g/mol. The number of benzene rings is 1. The van der Waals surface area contributed by atoms with Crippen molar-refractivity contribution in [3.05, 3.63) is 45.4 Å². The lowest BCUT2D eigenvalue weighted by molar-refractivity contribution is 0.112. The third kappa shape index (κ3) is 3.38. The number of carbonyl (C=O) groups excluding carboxylic acids is 1. The second-order valence-corrected chi connectivity index (χ2v) is 6.45. The lowest BCUT2D eigenvalue weighted by Gasteiger charge is -2.15. The van der Waals surface area contributed by atoms with Gasteiger partial charge in [0, 0.05) is 18.6 Å². The van der Waals surface area contributed by atoms with E-state index in [0.29, 0.717) is 0 Å². The molecule has 20 heavy (non-hydrogen) atoms. The van der Waals surface area contributed by atoms with E-state index in [0.717, 1.165) is 39.1 Å². The molecular weight excluding hydrogens is 292 g/mol. The smallest absolute Gasteiger partial charge is 0.186 e. The molecule has 1 aromatic heterocycles. The lowest BCUT2D eigenvalue weighted by Crippen LogP contribution is -2.16. The van der Waals surface area contributed by atoms with Crippen molar-refractivity contribution >= 4 is 34.4 Å². The zero-order chi connectivity index (χ0) is 14.7. The molecule has 0 amide bonds. The standard InChI is InChI=1S/C15H17ClN2OS/c1-10(2)14-13(9-19)20-15(17-14)18(3)8-11-4-6-12(16)7-5-11/h4-7,9-10H,8H2,1-3H3. The minimum Gasteiger partial charge on any atom is -0.347 e. The third-order valence-electron chi connectivity index (χ3n) is 2.98. The molecule has 1 aromatic carbocycles. The normalized spacial score (nSPS) is 10.8. The lowest BCUT2D eigenvalue weighted by atomic mass is 10.1. The van der Waals surface area contributed by atoms with Crippen LogP contribution < -0.4 is 4.90 Å². The van der Waals surface area contributed by atoms with E-state index in [4.69, 9.17) is 11.6 Å². The first kappa shape index (κ1) is 15.0. The van der Waals surface area contributed by atoms with Gasteiger partial charge in [0.2, 0.25) is 0 Å². The highest BCUT2D eigenvalue weighted by molar-refractivity contribution is 7.17. The first-order valence-corrected chi connectivity index (χ1v) is 7.62. The van der Waals surface area contributed by atoms with Crippen LogP contribution in [0.4, 0.5) is 5.13 Å². The molecule has 0 aliphatic heterocycles. The van der Waals surface area contributed by atoms with Gasteiger partial charge in [-0.15, -0.1) is 0 Å². The summed E-state index contributed by atoms with van der Waals surface area (Å²) in [5, 5.41) is 1.60. The number of rotatable bonds is 5. The molecule has 0 aliphatic rings. The van der Waals surface area contributed by atoms with Gasteiger partial charge in [-0.3, -0.25) is 4.79 Å². The number of hydrogen-bond donors (Lipinski definition) is 0. The van der Waals surface area contributed by atoms with Crippen LogP contribution in [-0.4, -0.2) is 18.3 Å². The number of anilines is 1. The molecule has 0 unspecified atom stereocenters. The zero-order valence-electron chi connectivity index (χ0n) is 11.8. The average molecular weight is 309 g/mol. The average Bonchev–Trinajstić information content (AvgIpc) is 2.86. The maximum atomic E-state index is 11.1. The van der Waals surface area contributed by atoms with Gasteiger partial charge in [-0.2, -0.15) is 0 Å². The van der Waals surface area contributed by atoms with E-state index in [2.05, 4.69) is 4.98 Å². The molecule has 0 radical (unpaired) electrons. The minimum atomic E-state index is 0.254. The summed E-state index contributed by atoms with van der Waals surface area (Å²) in [5.41, 5.74) is 2.04. The van der Waals surface area contributed by atoms with Crippen LogP contribution in [0, 0.1) is 0 Å². The van der Waals surface area contributed by atoms with Gasteiger partial charge in [-0.1, -0.05) is 48.9 Å². The summed E-state index contributed by atoms with van der Waals surface area (Å²) in [6.45, 7) is 4.83. The van der Waals surface area contributed by atoms with Crippen molar-refractivity contribution < 1.29 is 4.79 Å². The fourth-order valence-corrected chi connectivity index (χ4v) is 3.05. The summed E-state index contributed by atoms with van der Waals surface area (Å²) < 4.78 is 0. The quantitative estimate of drug-likeness (QED) is 0.769. The molecule has 0 bridgehead atoms. The van der Waals surface area contributed by atoms with Gasteiger partial charge >= 0.3 is 0 Å². The van der Waals surface area contributed by atoms with Gasteiger partial charge in [0.25, 0.3) is 0 Å². The third-order valence-corrected chi connectivity index (χ3v) is 4.35. The first-order chi connectivity index (χ1) is 9.51. The van der Waals surface area contributed by atoms with Crippen molar-refractivity contribution in [2.75, 3.05) is 11.9 Å². The molecule has 0 N–H and O–H groups in total. The summed E-state index contributed by atoms with van der Waals surface area (Å²) >= 11 is 7.32. The number of aromatic nitrogens is 1. The number of halogens is 1. The fraction of sp³-hybridized carbons (Fsp3) is 0.333. The Bertz CT molecular complexity index is 592. The number of hydrogen-bond acceptors (Lipinski definition) is 4. The summed E-state index contributed by atoms with van der Waals surface area (Å²) in [6, 6.07) is 7.75. The van der Waals surface area contributed by atoms with Crippen LogP contribution in [0.25, 0.3) is 0 Å². The van der Waals surface area contributed by atoms with Crippen molar-refractivity contribution in [3.63, 3.8) is 0 Å². The molecule has 0 spiro atoms. The van der Waals surface area contributed by atoms with Gasteiger partial charge in [0.15, 0.2) is 11.4 Å². The van der Waals surface area contributed by atoms with E-state index in [1.54, 1.807) is 0 Å². The first-order valence-electron chi connectivity index (χ1n) is 6.42. The van der Waals surface area contributed by atoms with Crippen molar-refractivity contribution in [1.82, 2.24) is 4.98 Å². The number of thiazole rings is 1. The van der Waals surface area contributed by atoms with Crippen LogP contribution in [0.2, 0.25) is 5.02 Å². The largest absolute Gasteiger partial charge is 0.347 e. The van der Waals surface area contributed by atoms with Gasteiger partial charge < -0.3 is 4.90 Å². The van der Waals surface area contributed by atoms with Crippen LogP contribution in [0.1, 0.15) is 40.7 Å². The molecule has 0 saturated heterocycles. The topological polar surface area (TPSA) is 33.2 Å². The van der Waals surface area contributed by atoms with Crippen LogP contribution >= 0.6 is 22.9 Å². The molecule has 0 aliphatic carbocycles. The molecule has 1 heterocycles. The molecule has 0 fully saturated rings. The Balaban J connectivity index is 2.18. The number of carbonyl (C=O) groups is 1. The van der Waals surface area contributed by atoms with Crippen LogP contribution in [0.15, 0.2) is 24.3 Å². The SMILES string of the molecule is CC(C)c1nc(N(C)Cc2ccc(Cl)cc2)sc1C=O. The van der Waals surface area contributed by atoms with Gasteiger partial charge in [0.1, 0.15) is 0 Å². The summed E-state index contributed by atoms with van der Waals surface area (Å²) in [7, 11) is 1.98. The van der Waals surface area contributed by atoms with Gasteiger partial charge in [0.05, 0.1) is 10.6 Å². The van der Waals surface area contributed by atoms with E-state index in [-0.39, 0.29) is 5.92 Å². The van der Waals surface area contributed by atoms with Crippen molar-refractivity contribution in [2.24, 2.45) is 0 Å². The Morgan fingerprint density at radius 2 is 2.00 bits per heavy atom. The van der Waals surface area contributed by atoms with Crippen LogP contribution in [-0.2, 0) is 6.54 Å². The van der Waals surface area contributed by atoms with Gasteiger partial charge in [-0.05, 0) is 23.6 Å². The van der Waals surface area contributed by atoms with E-state index < -0.39 is 0 Å². The second kappa shape index (κ2) is 6.37. The van der Waals surface area contributed by atoms with Crippen LogP contribution in [0.5, 0.6) is 0 Å². The Morgan fingerprint density at radius 3 is 2.50 bits per heavy atom. The second-order valence-electron chi connectivity index (χ2n) is 5.00. The van der Waals surface area contributed by atoms with E-state index >= 15 is 0 Å². The van der Waals surface area contributed by atoms with Crippen molar-refractivity contribution in [2.45, 2.75) is 26.3 Å². The van der Waals surface area contributed by atoms with E-state index in [1.165, 1.54) is 11.3 Å². The van der Waals surface area contributed by atoms with Gasteiger partial charge in [-0.25, -0.2) is 4.98 Å². The highest BCUT2D eigenvalue weighted by Gasteiger charge is 2.16. The van der Waals surface area contributed by atoms with E-state index in [9.17, 15) is 4.79 Å². The maximum Gasteiger partial charge on any atom is 0.186 e. The Hall–Kier alpha value is -1.39. The Labute approximate surface area is 128 Å². The Kier molecular flexibility index (Phi) is 4.78. The van der Waals surface area contributed by atoms with Crippen molar-refractivity contribution in [1.29, 1.82) is 0 Å². The zero-order valence-corrected chi connectivity index (χ0v) is 13.3. The molecular formula is C15H17ClN2OS. The Morgan fingerprint density at radius 1 is 1.35 bits per heavy atom. The number of aldehydes is 1. The van der Waals surface area contributed by atoms with E-state index in [1.807, 2.05) is 50.1 Å². The van der Waals surface area contributed by atoms with Crippen LogP contribution in [0.3, 0.4) is 0 Å². The minimum absolute atomic E-state index is 0.254. The maximum absolute atomic E-state index is 11.1. The summed E-state index contributed by atoms with van der Waals surface area (Å²) in [4.78, 5) is 18.5. The molecule has 3 nitrogen and oxygen atoms in total. The fourth-order valence-electron chi connectivity index (χ4n) is 1.92. The molecule has 106 valence electrons. The number of nitrogens with zero attached hydrogens (tertiary/aromatic N) is 2. The molecule has 2 rings (SSSR count). The summed E-state index contributed by atoms with van der Waals surface area (Å²) in [5.74, 6) is 0.254. The van der Waals surface area contributed by atoms with Crippen molar-refractivity contribution in [3.8, 4) is 0 Å². The predicted molar refractivity (Wildman–Crippen MR) is 85.1 cm³/mol. The highest BCUT2D eigenvalue weighted by Crippen LogP contribution is 2.29. The molecule has 0 atom stereocenters. The summed E-state index contributed by atoms with van der Waals surface area (Å²) in [6.07, 6.45) is 0.895. The molecule has 0 saturated carbocycles.